The molecular weight excluding hydrogens is 558 g/mol. The van der Waals surface area contributed by atoms with E-state index in [1.165, 1.54) is 10.6 Å². The van der Waals surface area contributed by atoms with Gasteiger partial charge in [-0.05, 0) is 68.5 Å². The molecule has 9 heteroatoms. The highest BCUT2D eigenvalue weighted by atomic mass is 35.5. The van der Waals surface area contributed by atoms with Gasteiger partial charge in [0.05, 0.1) is 11.9 Å². The number of sulfonamides is 1. The summed E-state index contributed by atoms with van der Waals surface area (Å²) < 4.78 is 26.9. The van der Waals surface area contributed by atoms with Crippen molar-refractivity contribution in [2.45, 2.75) is 65.6 Å². The number of nitrogens with zero attached hydrogens (tertiary/aromatic N) is 2. The van der Waals surface area contributed by atoms with Crippen molar-refractivity contribution >= 4 is 39.1 Å². The first-order valence-electron chi connectivity index (χ1n) is 13.8. The summed E-state index contributed by atoms with van der Waals surface area (Å²) in [5.74, 6) is -0.503. The molecule has 0 radical (unpaired) electrons. The highest BCUT2D eigenvalue weighted by Crippen LogP contribution is 2.25. The number of halogens is 1. The number of benzene rings is 3. The molecule has 0 bridgehead atoms. The Balaban J connectivity index is 1.91. The fraction of sp³-hybridized carbons (Fsp3) is 0.375. The Morgan fingerprint density at radius 3 is 2.24 bits per heavy atom. The molecule has 1 atom stereocenters. The molecule has 41 heavy (non-hydrogen) atoms. The van der Waals surface area contributed by atoms with Crippen LogP contribution in [0.1, 0.15) is 48.9 Å². The van der Waals surface area contributed by atoms with Gasteiger partial charge in [0, 0.05) is 37.0 Å². The molecule has 0 saturated carbocycles. The largest absolute Gasteiger partial charge is 0.352 e. The number of hydrogen-bond acceptors (Lipinski definition) is 4. The topological polar surface area (TPSA) is 86.8 Å². The van der Waals surface area contributed by atoms with Gasteiger partial charge < -0.3 is 10.2 Å². The van der Waals surface area contributed by atoms with Crippen LogP contribution in [0.5, 0.6) is 0 Å². The van der Waals surface area contributed by atoms with Crippen molar-refractivity contribution in [2.24, 2.45) is 0 Å². The summed E-state index contributed by atoms with van der Waals surface area (Å²) in [6.07, 6.45) is 1.84. The Morgan fingerprint density at radius 1 is 0.951 bits per heavy atom. The van der Waals surface area contributed by atoms with Gasteiger partial charge in [-0.25, -0.2) is 8.42 Å². The summed E-state index contributed by atoms with van der Waals surface area (Å²) in [4.78, 5) is 29.0. The molecule has 7 nitrogen and oxygen atoms in total. The van der Waals surface area contributed by atoms with Crippen molar-refractivity contribution in [2.75, 3.05) is 17.1 Å². The van der Waals surface area contributed by atoms with Crippen molar-refractivity contribution in [3.05, 3.63) is 100 Å². The van der Waals surface area contributed by atoms with Gasteiger partial charge in [-0.15, -0.1) is 0 Å². The third-order valence-electron chi connectivity index (χ3n) is 6.79. The van der Waals surface area contributed by atoms with Crippen molar-refractivity contribution in [3.8, 4) is 0 Å². The molecule has 0 spiro atoms. The number of anilines is 1. The van der Waals surface area contributed by atoms with Crippen molar-refractivity contribution in [3.63, 3.8) is 0 Å². The molecule has 2 amide bonds. The number of aryl methyl sites for hydroxylation is 2. The molecular formula is C32H40ClN3O4S. The summed E-state index contributed by atoms with van der Waals surface area (Å²) in [5.41, 5.74) is 4.03. The molecule has 0 aliphatic rings. The Hall–Kier alpha value is -3.36. The van der Waals surface area contributed by atoms with Gasteiger partial charge in [0.25, 0.3) is 0 Å². The van der Waals surface area contributed by atoms with Gasteiger partial charge >= 0.3 is 0 Å². The third-order valence-corrected chi connectivity index (χ3v) is 8.33. The molecule has 1 N–H and O–H groups in total. The van der Waals surface area contributed by atoms with Crippen LogP contribution >= 0.6 is 11.6 Å². The number of rotatable bonds is 13. The third kappa shape index (κ3) is 9.33. The number of hydrogen-bond donors (Lipinski definition) is 1. The molecule has 0 saturated heterocycles. The molecule has 3 aromatic carbocycles. The van der Waals surface area contributed by atoms with Gasteiger partial charge in [-0.3, -0.25) is 13.9 Å². The summed E-state index contributed by atoms with van der Waals surface area (Å²) in [7, 11) is -3.59. The average molecular weight is 598 g/mol. The lowest BCUT2D eigenvalue weighted by Crippen LogP contribution is -2.51. The summed E-state index contributed by atoms with van der Waals surface area (Å²) in [6, 6.07) is 21.6. The zero-order chi connectivity index (χ0) is 30.2. The second kappa shape index (κ2) is 14.5. The minimum absolute atomic E-state index is 0.0571. The van der Waals surface area contributed by atoms with E-state index in [4.69, 9.17) is 11.6 Å². The first-order valence-corrected chi connectivity index (χ1v) is 16.0. The standard InChI is InChI=1S/C32H40ClN3O4S/c1-23(2)34-32(38)30(21-26-12-7-6-8-13-26)35(22-27-14-9-10-15-28(27)33)31(37)16-11-19-36(41(5,39)40)29-20-24(3)17-18-25(29)4/h6-10,12-15,17-18,20,23,30H,11,16,19,21-22H2,1-5H3,(H,34,38). The SMILES string of the molecule is Cc1ccc(C)c(N(CCCC(=O)N(Cc2ccccc2Cl)C(Cc2ccccc2)C(=O)NC(C)C)S(C)(=O)=O)c1. The van der Waals surface area contributed by atoms with Crippen LogP contribution in [-0.4, -0.2) is 50.0 Å². The van der Waals surface area contributed by atoms with E-state index in [1.54, 1.807) is 11.0 Å². The second-order valence-electron chi connectivity index (χ2n) is 10.7. The highest BCUT2D eigenvalue weighted by molar-refractivity contribution is 7.92. The minimum atomic E-state index is -3.59. The highest BCUT2D eigenvalue weighted by Gasteiger charge is 2.31. The lowest BCUT2D eigenvalue weighted by Gasteiger charge is -2.32. The first kappa shape index (κ1) is 32.2. The minimum Gasteiger partial charge on any atom is -0.352 e. The van der Waals surface area contributed by atoms with Crippen molar-refractivity contribution in [1.82, 2.24) is 10.2 Å². The van der Waals surface area contributed by atoms with E-state index in [0.29, 0.717) is 17.1 Å². The van der Waals surface area contributed by atoms with Gasteiger partial charge in [0.1, 0.15) is 6.04 Å². The Labute approximate surface area is 249 Å². The fourth-order valence-corrected chi connectivity index (χ4v) is 5.93. The second-order valence-corrected chi connectivity index (χ2v) is 13.0. The van der Waals surface area contributed by atoms with E-state index < -0.39 is 16.1 Å². The van der Waals surface area contributed by atoms with Crippen LogP contribution in [0.15, 0.2) is 72.8 Å². The van der Waals surface area contributed by atoms with Crippen LogP contribution in [0, 0.1) is 13.8 Å². The van der Waals surface area contributed by atoms with Gasteiger partial charge in [-0.2, -0.15) is 0 Å². The van der Waals surface area contributed by atoms with Gasteiger partial charge in [-0.1, -0.05) is 72.3 Å². The van der Waals surface area contributed by atoms with E-state index in [9.17, 15) is 18.0 Å². The molecule has 1 unspecified atom stereocenters. The first-order chi connectivity index (χ1) is 19.4. The maximum absolute atomic E-state index is 13.9. The zero-order valence-corrected chi connectivity index (χ0v) is 26.0. The summed E-state index contributed by atoms with van der Waals surface area (Å²) in [6.45, 7) is 7.82. The smallest absolute Gasteiger partial charge is 0.243 e. The summed E-state index contributed by atoms with van der Waals surface area (Å²) in [5, 5.41) is 3.48. The van der Waals surface area contributed by atoms with Crippen LogP contribution in [-0.2, 0) is 32.6 Å². The van der Waals surface area contributed by atoms with Crippen LogP contribution in [0.3, 0.4) is 0 Å². The van der Waals surface area contributed by atoms with E-state index in [-0.39, 0.29) is 43.8 Å². The number of nitrogens with one attached hydrogen (secondary N) is 1. The predicted molar refractivity (Wildman–Crippen MR) is 167 cm³/mol. The van der Waals surface area contributed by atoms with Gasteiger partial charge in [0.2, 0.25) is 21.8 Å². The molecule has 220 valence electrons. The van der Waals surface area contributed by atoms with Crippen molar-refractivity contribution < 1.29 is 18.0 Å². The molecule has 3 aromatic rings. The van der Waals surface area contributed by atoms with Crippen LogP contribution in [0.4, 0.5) is 5.69 Å². The lowest BCUT2D eigenvalue weighted by molar-refractivity contribution is -0.141. The lowest BCUT2D eigenvalue weighted by atomic mass is 10.0. The Bertz CT molecular complexity index is 1440. The number of amides is 2. The van der Waals surface area contributed by atoms with E-state index >= 15 is 0 Å². The van der Waals surface area contributed by atoms with Crippen LogP contribution in [0.25, 0.3) is 0 Å². The molecule has 0 fully saturated rings. The number of carbonyl (C=O) groups is 2. The van der Waals surface area contributed by atoms with Crippen LogP contribution < -0.4 is 9.62 Å². The van der Waals surface area contributed by atoms with Crippen molar-refractivity contribution in [1.29, 1.82) is 0 Å². The normalized spacial score (nSPS) is 12.2. The molecule has 0 aliphatic heterocycles. The maximum Gasteiger partial charge on any atom is 0.243 e. The predicted octanol–water partition coefficient (Wildman–Crippen LogP) is 5.67. The maximum atomic E-state index is 13.9. The zero-order valence-electron chi connectivity index (χ0n) is 24.4. The Kier molecular flexibility index (Phi) is 11.4. The Morgan fingerprint density at radius 2 is 1.61 bits per heavy atom. The molecule has 0 aliphatic carbocycles. The summed E-state index contributed by atoms with van der Waals surface area (Å²) >= 11 is 6.48. The molecule has 0 aromatic heterocycles. The van der Waals surface area contributed by atoms with Gasteiger partial charge in [0.15, 0.2) is 0 Å². The monoisotopic (exact) mass is 597 g/mol. The molecule has 0 heterocycles. The fourth-order valence-electron chi connectivity index (χ4n) is 4.72. The van der Waals surface area contributed by atoms with E-state index in [1.807, 2.05) is 94.4 Å². The molecule has 3 rings (SSSR count). The average Bonchev–Trinajstić information content (AvgIpc) is 2.90. The van der Waals surface area contributed by atoms with E-state index in [0.717, 1.165) is 22.3 Å². The van der Waals surface area contributed by atoms with E-state index in [2.05, 4.69) is 5.32 Å². The number of carbonyl (C=O) groups excluding carboxylic acids is 2. The quantitative estimate of drug-likeness (QED) is 0.275. The van der Waals surface area contributed by atoms with Crippen LogP contribution in [0.2, 0.25) is 5.02 Å².